The topological polar surface area (TPSA) is 0 Å². The first-order valence-corrected chi connectivity index (χ1v) is 4.68. The van der Waals surface area contributed by atoms with E-state index in [0.29, 0.717) is 0 Å². The molecule has 9 heavy (non-hydrogen) atoms. The average molecular weight is 144 g/mol. The highest BCUT2D eigenvalue weighted by atomic mass is 32.2. The molecule has 0 aliphatic carbocycles. The normalized spacial score (nSPS) is 23.2. The molecule has 0 amide bonds. The van der Waals surface area contributed by atoms with Crippen LogP contribution in [0.15, 0.2) is 11.5 Å². The van der Waals surface area contributed by atoms with Gasteiger partial charge in [-0.3, -0.25) is 0 Å². The zero-order valence-corrected chi connectivity index (χ0v) is 7.37. The monoisotopic (exact) mass is 144 g/mol. The van der Waals surface area contributed by atoms with Gasteiger partial charge in [0.05, 0.1) is 0 Å². The molecular formula is C8H16S. The van der Waals surface area contributed by atoms with Gasteiger partial charge in [0.1, 0.15) is 0 Å². The van der Waals surface area contributed by atoms with Crippen molar-refractivity contribution in [3.05, 3.63) is 11.5 Å². The van der Waals surface area contributed by atoms with Gasteiger partial charge in [0.15, 0.2) is 0 Å². The number of thioether (sulfide) groups is 1. The third-order valence-corrected chi connectivity index (χ3v) is 2.48. The second kappa shape index (κ2) is 6.21. The van der Waals surface area contributed by atoms with Crippen molar-refractivity contribution in [3.8, 4) is 0 Å². The molecule has 0 aromatic rings. The largest absolute Gasteiger partial charge is 0.131 e. The summed E-state index contributed by atoms with van der Waals surface area (Å²) in [5.74, 6) is 0. The lowest BCUT2D eigenvalue weighted by atomic mass is 10.2. The minimum Gasteiger partial charge on any atom is -0.131 e. The summed E-state index contributed by atoms with van der Waals surface area (Å²) in [4.78, 5) is 0. The van der Waals surface area contributed by atoms with Crippen molar-refractivity contribution >= 4 is 11.8 Å². The van der Waals surface area contributed by atoms with E-state index < -0.39 is 0 Å². The predicted octanol–water partition coefficient (Wildman–Crippen LogP) is 3.44. The molecule has 0 bridgehead atoms. The molecule has 0 saturated carbocycles. The molecule has 1 aliphatic heterocycles. The minimum atomic E-state index is 0.903. The molecule has 0 radical (unpaired) electrons. The lowest BCUT2D eigenvalue weighted by Gasteiger charge is -1.99. The summed E-state index contributed by atoms with van der Waals surface area (Å²) in [5, 5.41) is 3.11. The highest BCUT2D eigenvalue weighted by Crippen LogP contribution is 2.25. The standard InChI is InChI=1S/C6H10S.C2H6/c1-2-6-4-3-5-7-6;1-2/h3,5-6H,2,4H2,1H3;1-2H3. The Morgan fingerprint density at radius 1 is 1.56 bits per heavy atom. The van der Waals surface area contributed by atoms with E-state index in [2.05, 4.69) is 18.4 Å². The van der Waals surface area contributed by atoms with Crippen molar-refractivity contribution in [3.63, 3.8) is 0 Å². The zero-order valence-electron chi connectivity index (χ0n) is 6.55. The van der Waals surface area contributed by atoms with Gasteiger partial charge >= 0.3 is 0 Å². The summed E-state index contributed by atoms with van der Waals surface area (Å²) in [6.07, 6.45) is 4.86. The van der Waals surface area contributed by atoms with Crippen LogP contribution in [0.2, 0.25) is 0 Å². The quantitative estimate of drug-likeness (QED) is 0.543. The number of hydrogen-bond acceptors (Lipinski definition) is 1. The Morgan fingerprint density at radius 3 is 2.44 bits per heavy atom. The summed E-state index contributed by atoms with van der Waals surface area (Å²) >= 11 is 1.96. The molecule has 1 atom stereocenters. The van der Waals surface area contributed by atoms with Gasteiger partial charge in [-0.2, -0.15) is 0 Å². The van der Waals surface area contributed by atoms with Crippen LogP contribution in [0.3, 0.4) is 0 Å². The molecule has 1 heteroatoms. The van der Waals surface area contributed by atoms with Crippen molar-refractivity contribution in [2.45, 2.75) is 38.9 Å². The van der Waals surface area contributed by atoms with Gasteiger partial charge in [0, 0.05) is 5.25 Å². The lowest BCUT2D eigenvalue weighted by molar-refractivity contribution is 0.849. The maximum Gasteiger partial charge on any atom is 0.0120 e. The highest BCUT2D eigenvalue weighted by molar-refractivity contribution is 8.02. The van der Waals surface area contributed by atoms with Crippen LogP contribution in [-0.4, -0.2) is 5.25 Å². The third-order valence-electron chi connectivity index (χ3n) is 1.22. The Kier molecular flexibility index (Phi) is 6.28. The molecule has 0 nitrogen and oxygen atoms in total. The Hall–Kier alpha value is 0.0900. The molecule has 1 rings (SSSR count). The Balaban J connectivity index is 0.000000291. The second-order valence-electron chi connectivity index (χ2n) is 1.77. The Bertz CT molecular complexity index is 68.6. The fourth-order valence-electron chi connectivity index (χ4n) is 0.692. The predicted molar refractivity (Wildman–Crippen MR) is 46.8 cm³/mol. The molecule has 1 aliphatic rings. The van der Waals surface area contributed by atoms with Crippen LogP contribution in [0, 0.1) is 0 Å². The summed E-state index contributed by atoms with van der Waals surface area (Å²) in [6, 6.07) is 0. The van der Waals surface area contributed by atoms with E-state index in [1.807, 2.05) is 25.6 Å². The van der Waals surface area contributed by atoms with Crippen LogP contribution in [0.4, 0.5) is 0 Å². The van der Waals surface area contributed by atoms with Crippen LogP contribution >= 0.6 is 11.8 Å². The van der Waals surface area contributed by atoms with Crippen molar-refractivity contribution in [2.24, 2.45) is 0 Å². The van der Waals surface area contributed by atoms with E-state index in [4.69, 9.17) is 0 Å². The van der Waals surface area contributed by atoms with Crippen molar-refractivity contribution in [2.75, 3.05) is 0 Å². The van der Waals surface area contributed by atoms with Gasteiger partial charge in [0.2, 0.25) is 0 Å². The third kappa shape index (κ3) is 3.63. The van der Waals surface area contributed by atoms with E-state index in [9.17, 15) is 0 Å². The SMILES string of the molecule is CC.CCC1CC=CS1. The number of hydrogen-bond donors (Lipinski definition) is 0. The molecule has 0 N–H and O–H groups in total. The van der Waals surface area contributed by atoms with E-state index in [0.717, 1.165) is 5.25 Å². The lowest BCUT2D eigenvalue weighted by Crippen LogP contribution is -1.90. The zero-order chi connectivity index (χ0) is 7.11. The van der Waals surface area contributed by atoms with Gasteiger partial charge in [-0.05, 0) is 18.2 Å². The van der Waals surface area contributed by atoms with Crippen LogP contribution in [-0.2, 0) is 0 Å². The molecule has 0 spiro atoms. The van der Waals surface area contributed by atoms with E-state index in [1.165, 1.54) is 12.8 Å². The molecule has 1 unspecified atom stereocenters. The van der Waals surface area contributed by atoms with E-state index >= 15 is 0 Å². The second-order valence-corrected chi connectivity index (χ2v) is 2.98. The molecule has 0 saturated heterocycles. The van der Waals surface area contributed by atoms with Crippen LogP contribution < -0.4 is 0 Å². The molecular weight excluding hydrogens is 128 g/mol. The van der Waals surface area contributed by atoms with Crippen LogP contribution in [0.25, 0.3) is 0 Å². The number of allylic oxidation sites excluding steroid dienone is 1. The fourth-order valence-corrected chi connectivity index (χ4v) is 1.55. The fraction of sp³-hybridized carbons (Fsp3) is 0.750. The van der Waals surface area contributed by atoms with Gasteiger partial charge in [-0.15, -0.1) is 11.8 Å². The Labute approximate surface area is 62.7 Å². The first-order chi connectivity index (χ1) is 4.43. The summed E-state index contributed by atoms with van der Waals surface area (Å²) in [7, 11) is 0. The molecule has 1 heterocycles. The highest BCUT2D eigenvalue weighted by Gasteiger charge is 2.05. The summed E-state index contributed by atoms with van der Waals surface area (Å²) in [5.41, 5.74) is 0. The van der Waals surface area contributed by atoms with Crippen LogP contribution in [0.5, 0.6) is 0 Å². The smallest absolute Gasteiger partial charge is 0.0120 e. The van der Waals surface area contributed by atoms with E-state index in [-0.39, 0.29) is 0 Å². The molecule has 0 fully saturated rings. The number of rotatable bonds is 1. The van der Waals surface area contributed by atoms with E-state index in [1.54, 1.807) is 0 Å². The summed E-state index contributed by atoms with van der Waals surface area (Å²) < 4.78 is 0. The van der Waals surface area contributed by atoms with Gasteiger partial charge < -0.3 is 0 Å². The van der Waals surface area contributed by atoms with Gasteiger partial charge in [0.25, 0.3) is 0 Å². The molecule has 0 aromatic carbocycles. The summed E-state index contributed by atoms with van der Waals surface area (Å²) in [6.45, 7) is 6.24. The van der Waals surface area contributed by atoms with Gasteiger partial charge in [-0.1, -0.05) is 26.8 Å². The first kappa shape index (κ1) is 9.09. The molecule has 54 valence electrons. The minimum absolute atomic E-state index is 0.903. The maximum absolute atomic E-state index is 2.25. The van der Waals surface area contributed by atoms with Crippen molar-refractivity contribution in [1.82, 2.24) is 0 Å². The van der Waals surface area contributed by atoms with Crippen molar-refractivity contribution in [1.29, 1.82) is 0 Å². The average Bonchev–Trinajstić information content (AvgIpc) is 2.43. The Morgan fingerprint density at radius 2 is 2.22 bits per heavy atom. The first-order valence-electron chi connectivity index (χ1n) is 3.74. The van der Waals surface area contributed by atoms with Crippen LogP contribution in [0.1, 0.15) is 33.6 Å². The molecule has 0 aromatic heterocycles. The maximum atomic E-state index is 2.25. The van der Waals surface area contributed by atoms with Crippen molar-refractivity contribution < 1.29 is 0 Å². The van der Waals surface area contributed by atoms with Gasteiger partial charge in [-0.25, -0.2) is 0 Å².